The van der Waals surface area contributed by atoms with Crippen LogP contribution in [0.15, 0.2) is 30.3 Å². The molecule has 0 saturated carbocycles. The molecule has 1 atom stereocenters. The second kappa shape index (κ2) is 4.53. The quantitative estimate of drug-likeness (QED) is 0.900. The molecule has 3 nitrogen and oxygen atoms in total. The van der Waals surface area contributed by atoms with E-state index in [1.165, 1.54) is 0 Å². The number of thiazole rings is 1. The zero-order valence-electron chi connectivity index (χ0n) is 9.80. The minimum absolute atomic E-state index is 0.414. The Kier molecular flexibility index (Phi) is 2.88. The Morgan fingerprint density at radius 2 is 2.11 bits per heavy atom. The Balaban J connectivity index is 2.04. The summed E-state index contributed by atoms with van der Waals surface area (Å²) in [5.41, 5.74) is 1.86. The number of benzene rings is 1. The number of hydrogen-bond acceptors (Lipinski definition) is 3. The summed E-state index contributed by atoms with van der Waals surface area (Å²) in [5.74, 6) is -1.16. The van der Waals surface area contributed by atoms with E-state index in [0.29, 0.717) is 6.42 Å². The van der Waals surface area contributed by atoms with Crippen molar-refractivity contribution in [2.75, 3.05) is 0 Å². The number of fused-ring (bicyclic) bond motifs is 1. The fourth-order valence-corrected chi connectivity index (χ4v) is 3.53. The van der Waals surface area contributed by atoms with Crippen molar-refractivity contribution < 1.29 is 9.90 Å². The largest absolute Gasteiger partial charge is 0.481 e. The van der Waals surface area contributed by atoms with Crippen molar-refractivity contribution in [1.82, 2.24) is 4.98 Å². The molecule has 0 amide bonds. The molecule has 2 aromatic rings. The van der Waals surface area contributed by atoms with Crippen LogP contribution in [0.3, 0.4) is 0 Å². The minimum Gasteiger partial charge on any atom is -0.481 e. The zero-order chi connectivity index (χ0) is 12.5. The van der Waals surface area contributed by atoms with Gasteiger partial charge in [0.25, 0.3) is 0 Å². The molecule has 1 aromatic heterocycles. The highest BCUT2D eigenvalue weighted by atomic mass is 32.1. The number of carboxylic acid groups (broad SMARTS) is 1. The van der Waals surface area contributed by atoms with Gasteiger partial charge in [-0.3, -0.25) is 4.79 Å². The van der Waals surface area contributed by atoms with E-state index < -0.39 is 11.9 Å². The Labute approximate surface area is 109 Å². The SMILES string of the molecule is O=C(O)C1CCCc2sc(-c3ccccc3)nc21. The van der Waals surface area contributed by atoms with Gasteiger partial charge in [-0.05, 0) is 19.3 Å². The van der Waals surface area contributed by atoms with Crippen molar-refractivity contribution in [2.24, 2.45) is 0 Å². The average Bonchev–Trinajstić information content (AvgIpc) is 2.83. The van der Waals surface area contributed by atoms with Crippen molar-refractivity contribution in [1.29, 1.82) is 0 Å². The van der Waals surface area contributed by atoms with Gasteiger partial charge in [0.05, 0.1) is 11.6 Å². The standard InChI is InChI=1S/C14H13NO2S/c16-14(17)10-7-4-8-11-12(10)15-13(18-11)9-5-2-1-3-6-9/h1-3,5-6,10H,4,7-8H2,(H,16,17). The summed E-state index contributed by atoms with van der Waals surface area (Å²) in [5, 5.41) is 10.2. The maximum atomic E-state index is 11.2. The summed E-state index contributed by atoms with van der Waals surface area (Å²) < 4.78 is 0. The highest BCUT2D eigenvalue weighted by Gasteiger charge is 2.29. The molecule has 4 heteroatoms. The van der Waals surface area contributed by atoms with E-state index in [2.05, 4.69) is 4.98 Å². The van der Waals surface area contributed by atoms with Crippen LogP contribution in [0, 0.1) is 0 Å². The normalized spacial score (nSPS) is 18.3. The number of carbonyl (C=O) groups is 1. The lowest BCUT2D eigenvalue weighted by Gasteiger charge is -2.16. The maximum absolute atomic E-state index is 11.2. The molecule has 0 radical (unpaired) electrons. The van der Waals surface area contributed by atoms with Gasteiger partial charge < -0.3 is 5.11 Å². The summed E-state index contributed by atoms with van der Waals surface area (Å²) in [6.07, 6.45) is 2.62. The second-order valence-corrected chi connectivity index (χ2v) is 5.56. The van der Waals surface area contributed by atoms with Crippen molar-refractivity contribution in [2.45, 2.75) is 25.2 Å². The molecular weight excluding hydrogens is 246 g/mol. The topological polar surface area (TPSA) is 50.2 Å². The number of hydrogen-bond donors (Lipinski definition) is 1. The molecule has 1 aliphatic carbocycles. The highest BCUT2D eigenvalue weighted by molar-refractivity contribution is 7.15. The van der Waals surface area contributed by atoms with Crippen molar-refractivity contribution in [3.05, 3.63) is 40.9 Å². The molecule has 92 valence electrons. The van der Waals surface area contributed by atoms with Crippen LogP contribution >= 0.6 is 11.3 Å². The first-order valence-electron chi connectivity index (χ1n) is 6.03. The fourth-order valence-electron chi connectivity index (χ4n) is 2.36. The molecule has 1 heterocycles. The van der Waals surface area contributed by atoms with Gasteiger partial charge in [-0.2, -0.15) is 0 Å². The van der Waals surface area contributed by atoms with Crippen LogP contribution in [0.25, 0.3) is 10.6 Å². The summed E-state index contributed by atoms with van der Waals surface area (Å²) in [4.78, 5) is 16.9. The van der Waals surface area contributed by atoms with Crippen LogP contribution in [-0.4, -0.2) is 16.1 Å². The van der Waals surface area contributed by atoms with Crippen molar-refractivity contribution >= 4 is 17.3 Å². The molecule has 0 spiro atoms. The Morgan fingerprint density at radius 3 is 2.83 bits per heavy atom. The zero-order valence-corrected chi connectivity index (χ0v) is 10.6. The van der Waals surface area contributed by atoms with Gasteiger partial charge in [0.15, 0.2) is 0 Å². The number of nitrogens with zero attached hydrogens (tertiary/aromatic N) is 1. The lowest BCUT2D eigenvalue weighted by Crippen LogP contribution is -2.17. The van der Waals surface area contributed by atoms with Crippen LogP contribution in [0.5, 0.6) is 0 Å². The van der Waals surface area contributed by atoms with Gasteiger partial charge in [-0.1, -0.05) is 30.3 Å². The molecular formula is C14H13NO2S. The molecule has 0 aliphatic heterocycles. The lowest BCUT2D eigenvalue weighted by molar-refractivity contribution is -0.139. The fraction of sp³-hybridized carbons (Fsp3) is 0.286. The Hall–Kier alpha value is -1.68. The number of rotatable bonds is 2. The molecule has 1 aliphatic rings. The van der Waals surface area contributed by atoms with E-state index in [4.69, 9.17) is 0 Å². The van der Waals surface area contributed by atoms with Gasteiger partial charge in [-0.15, -0.1) is 11.3 Å². The predicted octanol–water partition coefficient (Wildman–Crippen LogP) is 3.31. The molecule has 0 saturated heterocycles. The monoisotopic (exact) mass is 259 g/mol. The second-order valence-electron chi connectivity index (χ2n) is 4.48. The van der Waals surface area contributed by atoms with Crippen LogP contribution in [-0.2, 0) is 11.2 Å². The molecule has 3 rings (SSSR count). The van der Waals surface area contributed by atoms with Crippen LogP contribution < -0.4 is 0 Å². The molecule has 0 fully saturated rings. The van der Waals surface area contributed by atoms with Gasteiger partial charge in [0, 0.05) is 10.4 Å². The molecule has 1 N–H and O–H groups in total. The Morgan fingerprint density at radius 1 is 1.33 bits per heavy atom. The van der Waals surface area contributed by atoms with Gasteiger partial charge in [0.2, 0.25) is 0 Å². The summed E-state index contributed by atoms with van der Waals surface area (Å²) >= 11 is 1.64. The Bertz CT molecular complexity index is 577. The molecule has 1 unspecified atom stereocenters. The summed E-state index contributed by atoms with van der Waals surface area (Å²) in [6, 6.07) is 9.95. The van der Waals surface area contributed by atoms with Gasteiger partial charge >= 0.3 is 5.97 Å². The van der Waals surface area contributed by atoms with Crippen LogP contribution in [0.4, 0.5) is 0 Å². The maximum Gasteiger partial charge on any atom is 0.312 e. The number of carboxylic acids is 1. The minimum atomic E-state index is -0.749. The highest BCUT2D eigenvalue weighted by Crippen LogP contribution is 2.38. The molecule has 1 aromatic carbocycles. The van der Waals surface area contributed by atoms with Gasteiger partial charge in [0.1, 0.15) is 5.01 Å². The molecule has 18 heavy (non-hydrogen) atoms. The van der Waals surface area contributed by atoms with E-state index >= 15 is 0 Å². The van der Waals surface area contributed by atoms with Crippen molar-refractivity contribution in [3.63, 3.8) is 0 Å². The smallest absolute Gasteiger partial charge is 0.312 e. The summed E-state index contributed by atoms with van der Waals surface area (Å²) in [6.45, 7) is 0. The van der Waals surface area contributed by atoms with Crippen LogP contribution in [0.1, 0.15) is 29.3 Å². The van der Waals surface area contributed by atoms with Crippen LogP contribution in [0.2, 0.25) is 0 Å². The number of aromatic nitrogens is 1. The third-order valence-electron chi connectivity index (χ3n) is 3.27. The van der Waals surface area contributed by atoms with E-state index in [-0.39, 0.29) is 0 Å². The first-order valence-corrected chi connectivity index (χ1v) is 6.85. The number of aryl methyl sites for hydroxylation is 1. The van der Waals surface area contributed by atoms with E-state index in [9.17, 15) is 9.90 Å². The van der Waals surface area contributed by atoms with E-state index in [1.807, 2.05) is 30.3 Å². The average molecular weight is 259 g/mol. The molecule has 0 bridgehead atoms. The van der Waals surface area contributed by atoms with E-state index in [0.717, 1.165) is 34.0 Å². The lowest BCUT2D eigenvalue weighted by atomic mass is 9.91. The predicted molar refractivity (Wildman–Crippen MR) is 70.9 cm³/mol. The van der Waals surface area contributed by atoms with Crippen molar-refractivity contribution in [3.8, 4) is 10.6 Å². The first-order chi connectivity index (χ1) is 8.75. The third-order valence-corrected chi connectivity index (χ3v) is 4.45. The third kappa shape index (κ3) is 1.93. The van der Waals surface area contributed by atoms with E-state index in [1.54, 1.807) is 11.3 Å². The van der Waals surface area contributed by atoms with Gasteiger partial charge in [-0.25, -0.2) is 4.98 Å². The summed E-state index contributed by atoms with van der Waals surface area (Å²) in [7, 11) is 0. The number of aliphatic carboxylic acids is 1. The first kappa shape index (κ1) is 11.4.